The first-order chi connectivity index (χ1) is 34.3. The van der Waals surface area contributed by atoms with Gasteiger partial charge in [-0.1, -0.05) is 83.1 Å². The highest BCUT2D eigenvalue weighted by Crippen LogP contribution is 2.63. The SMILES string of the molecule is C[N-]\C=C(C)/C=C/C=C(C)/C(C)=C/[C@@H](C)[C@@H](O)[C@@H](C)[C@@H](O)C[C@H](OC)[C@H]1O[C@@]2(C[C@@H](O)[C@H](C)[C@H](C/C=C/c3coc([C@@H](C)CCNC(=O)[C@@H](O)[C@@H](O)[C@H](COC)N(C)C)n3)O2)C(C)(C)[C@H]1OP(=O)(O)OP(=O)(O)O. The third-order valence-electron chi connectivity index (χ3n) is 14.3. The number of phosphoric ester groups is 1. The van der Waals surface area contributed by atoms with Crippen molar-refractivity contribution >= 4 is 27.6 Å². The number of methoxy groups -OCH3 is 2. The van der Waals surface area contributed by atoms with Crippen LogP contribution >= 0.6 is 15.6 Å². The van der Waals surface area contributed by atoms with E-state index >= 15 is 0 Å². The summed E-state index contributed by atoms with van der Waals surface area (Å²) >= 11 is 0. The van der Waals surface area contributed by atoms with E-state index in [9.17, 15) is 54.1 Å². The van der Waals surface area contributed by atoms with Gasteiger partial charge in [0.1, 0.15) is 30.3 Å². The Bertz CT molecular complexity index is 2200. The van der Waals surface area contributed by atoms with Gasteiger partial charge in [0.2, 0.25) is 0 Å². The molecule has 0 radical (unpaired) electrons. The molecule has 2 aliphatic heterocycles. The predicted octanol–water partition coefficient (Wildman–Crippen LogP) is 5.24. The molecule has 0 aromatic carbocycles. The summed E-state index contributed by atoms with van der Waals surface area (Å²) in [5.41, 5.74) is 1.82. The van der Waals surface area contributed by atoms with Gasteiger partial charge in [-0.15, -0.1) is 7.05 Å². The zero-order chi connectivity index (χ0) is 56.1. The number of amides is 1. The van der Waals surface area contributed by atoms with Crippen molar-refractivity contribution in [2.75, 3.05) is 48.5 Å². The second-order valence-electron chi connectivity index (χ2n) is 20.5. The van der Waals surface area contributed by atoms with Crippen molar-refractivity contribution in [3.63, 3.8) is 0 Å². The first kappa shape index (κ1) is 65.3. The van der Waals surface area contributed by atoms with Crippen molar-refractivity contribution in [2.24, 2.45) is 23.2 Å². The monoisotopic (exact) mass is 1090 g/mol. The lowest BCUT2D eigenvalue weighted by Gasteiger charge is -2.50. The number of rotatable bonds is 29. The first-order valence-electron chi connectivity index (χ1n) is 24.8. The number of hydrogen-bond acceptors (Lipinski definition) is 17. The molecule has 1 amide bonds. The molecule has 1 unspecified atom stereocenters. The molecule has 1 spiro atoms. The van der Waals surface area contributed by atoms with Crippen LogP contribution in [0.4, 0.5) is 0 Å². The lowest BCUT2D eigenvalue weighted by molar-refractivity contribution is -0.334. The maximum atomic E-state index is 13.3. The van der Waals surface area contributed by atoms with Gasteiger partial charge in [0.05, 0.1) is 43.2 Å². The standard InChI is InChI=1S/C50H85N4O18P2/c1-29(26-51-10)17-15-18-30(2)32(4)23-33(5)42(57)35(7)38(55)24-41(67-14)45-46(71-74(64,65)72-73(61,62)63)49(8,9)50(70-45)25-39(56)34(6)40(69-50)20-16-19-36-27-68-48(53-36)31(3)21-22-52-47(60)44(59)43(58)37(28-66-13)54(11)12/h15-19,23,26-27,31,33-35,37-46,55-59H,20-22,24-25,28H2,1-14H3,(H,52,60)(H,64,65)(H2,61,62,63)/q-1/b17-15+,19-16+,29-26-,30-18+,32-23+/t31-,33+,34-,35-,37-,38-,39+,40-,41-,42+,43-,44-,45+,46-,50-/m0/s1. The van der Waals surface area contributed by atoms with E-state index < -0.39 is 111 Å². The van der Waals surface area contributed by atoms with Gasteiger partial charge in [-0.3, -0.25) is 9.32 Å². The number of likely N-dealkylation sites (N-methyl/N-ethyl adjacent to an activating group) is 1. The third-order valence-corrected chi connectivity index (χ3v) is 16.4. The van der Waals surface area contributed by atoms with E-state index in [1.807, 2.05) is 58.9 Å². The van der Waals surface area contributed by atoms with Gasteiger partial charge in [-0.05, 0) is 59.4 Å². The summed E-state index contributed by atoms with van der Waals surface area (Å²) in [6.45, 7) is 16.4. The highest BCUT2D eigenvalue weighted by Gasteiger charge is 2.68. The van der Waals surface area contributed by atoms with Crippen molar-refractivity contribution in [3.8, 4) is 0 Å². The Morgan fingerprint density at radius 1 is 1.04 bits per heavy atom. The number of phosphoric acid groups is 2. The van der Waals surface area contributed by atoms with Gasteiger partial charge in [0.25, 0.3) is 5.91 Å². The number of ether oxygens (including phenoxy) is 4. The maximum Gasteiger partial charge on any atom is 0.481 e. The van der Waals surface area contributed by atoms with Crippen LogP contribution in [0.25, 0.3) is 11.4 Å². The summed E-state index contributed by atoms with van der Waals surface area (Å²) in [4.78, 5) is 48.6. The Morgan fingerprint density at radius 2 is 1.70 bits per heavy atom. The van der Waals surface area contributed by atoms with Crippen LogP contribution in [0.15, 0.2) is 64.0 Å². The smallest absolute Gasteiger partial charge is 0.481 e. The van der Waals surface area contributed by atoms with Gasteiger partial charge in [0.15, 0.2) is 17.8 Å². The number of nitrogens with one attached hydrogen (secondary N) is 1. The van der Waals surface area contributed by atoms with E-state index in [-0.39, 0.29) is 38.3 Å². The Balaban J connectivity index is 1.82. The quantitative estimate of drug-likeness (QED) is 0.0366. The topological polar surface area (TPSA) is 324 Å². The molecule has 2 saturated heterocycles. The van der Waals surface area contributed by atoms with E-state index in [0.717, 1.165) is 16.7 Å². The molecule has 0 bridgehead atoms. The molecular formula is C50H85N4O18P2-. The Kier molecular flexibility index (Phi) is 25.2. The van der Waals surface area contributed by atoms with E-state index in [1.54, 1.807) is 72.1 Å². The van der Waals surface area contributed by atoms with Crippen LogP contribution in [0, 0.1) is 23.2 Å². The van der Waals surface area contributed by atoms with Crippen LogP contribution in [-0.4, -0.2) is 171 Å². The zero-order valence-corrected chi connectivity index (χ0v) is 47.1. The average Bonchev–Trinajstić information content (AvgIpc) is 3.86. The van der Waals surface area contributed by atoms with Gasteiger partial charge in [-0.2, -0.15) is 10.5 Å². The number of aliphatic hydroxyl groups excluding tert-OH is 5. The number of carbonyl (C=O) groups is 1. The van der Waals surface area contributed by atoms with Gasteiger partial charge in [-0.25, -0.2) is 14.1 Å². The maximum absolute atomic E-state index is 13.3. The lowest BCUT2D eigenvalue weighted by Crippen LogP contribution is -2.58. The number of aromatic nitrogens is 1. The largest absolute Gasteiger partial charge is 0.693 e. The van der Waals surface area contributed by atoms with Gasteiger partial charge >= 0.3 is 15.6 Å². The third kappa shape index (κ3) is 18.1. The van der Waals surface area contributed by atoms with Crippen LogP contribution < -0.4 is 5.32 Å². The fourth-order valence-electron chi connectivity index (χ4n) is 9.21. The molecule has 2 fully saturated rings. The van der Waals surface area contributed by atoms with Crippen LogP contribution in [0.5, 0.6) is 0 Å². The van der Waals surface area contributed by atoms with Crippen LogP contribution in [0.1, 0.15) is 105 Å². The summed E-state index contributed by atoms with van der Waals surface area (Å²) in [5, 5.41) is 62.5. The van der Waals surface area contributed by atoms with Crippen LogP contribution in [0.3, 0.4) is 0 Å². The van der Waals surface area contributed by atoms with Crippen LogP contribution in [-0.2, 0) is 41.7 Å². The molecule has 0 saturated carbocycles. The molecule has 1 aromatic heterocycles. The Labute approximate surface area is 436 Å². The molecule has 9 N–H and O–H groups in total. The normalized spacial score (nSPS) is 27.7. The van der Waals surface area contributed by atoms with Crippen molar-refractivity contribution in [1.29, 1.82) is 0 Å². The second kappa shape index (κ2) is 28.6. The Morgan fingerprint density at radius 3 is 2.30 bits per heavy atom. The summed E-state index contributed by atoms with van der Waals surface area (Å²) in [6.07, 6.45) is 3.25. The Hall–Kier alpha value is -2.96. The minimum atomic E-state index is -5.58. The molecular weight excluding hydrogens is 1010 g/mol. The van der Waals surface area contributed by atoms with E-state index in [4.69, 9.17) is 27.9 Å². The summed E-state index contributed by atoms with van der Waals surface area (Å²) in [6, 6.07) is -0.611. The van der Waals surface area contributed by atoms with Crippen molar-refractivity contribution in [2.45, 2.75) is 161 Å². The molecule has 1 aromatic rings. The molecule has 74 heavy (non-hydrogen) atoms. The van der Waals surface area contributed by atoms with E-state index in [1.165, 1.54) is 20.5 Å². The number of carbonyl (C=O) groups excluding carboxylic acids is 1. The fraction of sp³-hybridized carbons (Fsp3) is 0.720. The molecule has 2 aliphatic rings. The lowest BCUT2D eigenvalue weighted by atomic mass is 9.72. The van der Waals surface area contributed by atoms with Gasteiger partial charge < -0.3 is 79.1 Å². The fourth-order valence-corrected chi connectivity index (χ4v) is 11.1. The number of nitrogens with zero attached hydrogens (tertiary/aromatic N) is 3. The first-order valence-corrected chi connectivity index (χ1v) is 27.8. The second-order valence-corrected chi connectivity index (χ2v) is 23.3. The molecule has 3 rings (SSSR count). The molecule has 424 valence electrons. The summed E-state index contributed by atoms with van der Waals surface area (Å²) in [5.74, 6) is -4.05. The highest BCUT2D eigenvalue weighted by atomic mass is 31.3. The van der Waals surface area contributed by atoms with E-state index in [0.29, 0.717) is 18.0 Å². The molecule has 0 aliphatic carbocycles. The number of oxazole rings is 1. The van der Waals surface area contributed by atoms with Gasteiger partial charge in [0, 0.05) is 62.7 Å². The minimum absolute atomic E-state index is 0.106. The number of allylic oxidation sites excluding steroid dienone is 6. The number of aliphatic hydroxyl groups is 5. The minimum Gasteiger partial charge on any atom is -0.693 e. The summed E-state index contributed by atoms with van der Waals surface area (Å²) in [7, 11) is -3.26. The van der Waals surface area contributed by atoms with Crippen molar-refractivity contribution < 1.29 is 86.3 Å². The predicted molar refractivity (Wildman–Crippen MR) is 277 cm³/mol. The average molecular weight is 1090 g/mol. The molecule has 16 atom stereocenters. The van der Waals surface area contributed by atoms with Crippen molar-refractivity contribution in [1.82, 2.24) is 15.2 Å². The van der Waals surface area contributed by atoms with Crippen molar-refractivity contribution in [3.05, 3.63) is 76.5 Å². The molecule has 22 nitrogen and oxygen atoms in total. The molecule has 3 heterocycles. The molecule has 24 heteroatoms. The number of hydrogen-bond donors (Lipinski definition) is 9. The highest BCUT2D eigenvalue weighted by molar-refractivity contribution is 7.60. The van der Waals surface area contributed by atoms with Crippen LogP contribution in [0.2, 0.25) is 0 Å². The zero-order valence-electron chi connectivity index (χ0n) is 45.3. The van der Waals surface area contributed by atoms with E-state index in [2.05, 4.69) is 19.9 Å². The summed E-state index contributed by atoms with van der Waals surface area (Å²) < 4.78 is 65.1.